The fourth-order valence-electron chi connectivity index (χ4n) is 2.83. The molecule has 0 radical (unpaired) electrons. The van der Waals surface area contributed by atoms with Gasteiger partial charge in [-0.1, -0.05) is 0 Å². The van der Waals surface area contributed by atoms with Crippen molar-refractivity contribution in [2.75, 3.05) is 11.4 Å². The Kier molecular flexibility index (Phi) is 3.10. The molecule has 1 saturated carbocycles. The molecule has 5 nitrogen and oxygen atoms in total. The quantitative estimate of drug-likeness (QED) is 0.865. The van der Waals surface area contributed by atoms with Crippen LogP contribution in [0.1, 0.15) is 43.2 Å². The molecule has 0 bridgehead atoms. The lowest BCUT2D eigenvalue weighted by Crippen LogP contribution is -2.23. The lowest BCUT2D eigenvalue weighted by atomic mass is 10.1. The molecule has 1 saturated heterocycles. The first-order valence-corrected chi connectivity index (χ1v) is 8.02. The minimum absolute atomic E-state index is 0.333. The van der Waals surface area contributed by atoms with Gasteiger partial charge in [-0.05, 0) is 37.7 Å². The number of aromatic nitrogens is 4. The minimum atomic E-state index is 0.333. The Bertz CT molecular complexity index is 580. The molecule has 2 fully saturated rings. The first-order valence-electron chi connectivity index (χ1n) is 7.25. The van der Waals surface area contributed by atoms with Crippen molar-refractivity contribution in [1.82, 2.24) is 19.3 Å². The van der Waals surface area contributed by atoms with Crippen LogP contribution in [0.15, 0.2) is 18.6 Å². The average molecular weight is 287 g/mol. The van der Waals surface area contributed by atoms with Gasteiger partial charge >= 0.3 is 0 Å². The number of hydrogen-bond acceptors (Lipinski definition) is 6. The van der Waals surface area contributed by atoms with Crippen molar-refractivity contribution < 1.29 is 0 Å². The van der Waals surface area contributed by atoms with Gasteiger partial charge in [0.15, 0.2) is 0 Å². The zero-order chi connectivity index (χ0) is 13.4. The summed E-state index contributed by atoms with van der Waals surface area (Å²) in [7, 11) is 0. The Morgan fingerprint density at radius 3 is 3.05 bits per heavy atom. The third kappa shape index (κ3) is 2.40. The summed E-state index contributed by atoms with van der Waals surface area (Å²) in [5, 5.41) is 1.06. The Morgan fingerprint density at radius 2 is 2.25 bits per heavy atom. The van der Waals surface area contributed by atoms with Crippen LogP contribution >= 0.6 is 11.5 Å². The highest BCUT2D eigenvalue weighted by Gasteiger charge is 2.30. The van der Waals surface area contributed by atoms with Crippen molar-refractivity contribution in [2.45, 2.75) is 38.1 Å². The van der Waals surface area contributed by atoms with Gasteiger partial charge in [-0.2, -0.15) is 4.37 Å². The molecule has 6 heteroatoms. The number of nitrogens with zero attached hydrogens (tertiary/aromatic N) is 5. The van der Waals surface area contributed by atoms with E-state index in [0.29, 0.717) is 6.04 Å². The zero-order valence-electron chi connectivity index (χ0n) is 11.3. The Labute approximate surface area is 122 Å². The molecule has 20 heavy (non-hydrogen) atoms. The lowest BCUT2D eigenvalue weighted by Gasteiger charge is -2.22. The van der Waals surface area contributed by atoms with E-state index in [1.165, 1.54) is 30.8 Å². The molecule has 2 aromatic heterocycles. The summed E-state index contributed by atoms with van der Waals surface area (Å²) in [5.41, 5.74) is 1.09. The first-order chi connectivity index (χ1) is 9.90. The third-order valence-electron chi connectivity index (χ3n) is 4.07. The Hall–Kier alpha value is -1.56. The topological polar surface area (TPSA) is 54.8 Å². The summed E-state index contributed by atoms with van der Waals surface area (Å²) in [6.07, 6.45) is 9.52. The van der Waals surface area contributed by atoms with Crippen LogP contribution in [0.3, 0.4) is 0 Å². The van der Waals surface area contributed by atoms with E-state index in [0.717, 1.165) is 42.0 Å². The van der Waals surface area contributed by atoms with Crippen LogP contribution in [0.4, 0.5) is 5.13 Å². The van der Waals surface area contributed by atoms with Crippen molar-refractivity contribution in [3.8, 4) is 0 Å². The van der Waals surface area contributed by atoms with Crippen molar-refractivity contribution in [2.24, 2.45) is 5.92 Å². The van der Waals surface area contributed by atoms with Gasteiger partial charge in [-0.3, -0.25) is 0 Å². The van der Waals surface area contributed by atoms with Gasteiger partial charge in [0.25, 0.3) is 0 Å². The molecule has 1 aliphatic heterocycles. The third-order valence-corrected chi connectivity index (χ3v) is 4.86. The molecule has 0 amide bonds. The normalized spacial score (nSPS) is 22.4. The molecule has 2 aliphatic rings. The second-order valence-corrected chi connectivity index (χ2v) is 6.36. The minimum Gasteiger partial charge on any atom is -0.338 e. The SMILES string of the molecule is c1cc(C2CCCN2c2nc(CC3CC3)ns2)ncn1. The predicted octanol–water partition coefficient (Wildman–Crippen LogP) is 2.62. The van der Waals surface area contributed by atoms with Gasteiger partial charge in [0.1, 0.15) is 12.2 Å². The molecular formula is C14H17N5S. The van der Waals surface area contributed by atoms with Crippen LogP contribution in [0.2, 0.25) is 0 Å². The molecule has 0 N–H and O–H groups in total. The van der Waals surface area contributed by atoms with Crippen LogP contribution in [0.25, 0.3) is 0 Å². The van der Waals surface area contributed by atoms with Gasteiger partial charge in [-0.25, -0.2) is 15.0 Å². The summed E-state index contributed by atoms with van der Waals surface area (Å²) in [6, 6.07) is 2.34. The zero-order valence-corrected chi connectivity index (χ0v) is 12.1. The van der Waals surface area contributed by atoms with E-state index in [9.17, 15) is 0 Å². The fraction of sp³-hybridized carbons (Fsp3) is 0.571. The maximum atomic E-state index is 4.74. The molecule has 0 spiro atoms. The molecule has 1 aliphatic carbocycles. The number of hydrogen-bond donors (Lipinski definition) is 0. The summed E-state index contributed by atoms with van der Waals surface area (Å²) in [4.78, 5) is 15.5. The standard InChI is InChI=1S/C14H17N5S/c1-2-12(11-5-6-15-9-16-11)19(7-1)14-17-13(18-20-14)8-10-3-4-10/h5-6,9-10,12H,1-4,7-8H2. The van der Waals surface area contributed by atoms with Crippen LogP contribution in [0, 0.1) is 5.92 Å². The van der Waals surface area contributed by atoms with E-state index < -0.39 is 0 Å². The summed E-state index contributed by atoms with van der Waals surface area (Å²) < 4.78 is 4.53. The smallest absolute Gasteiger partial charge is 0.205 e. The number of rotatable bonds is 4. The molecule has 1 atom stereocenters. The highest BCUT2D eigenvalue weighted by atomic mass is 32.1. The molecule has 104 valence electrons. The van der Waals surface area contributed by atoms with E-state index in [1.54, 1.807) is 6.33 Å². The molecule has 2 aromatic rings. The van der Waals surface area contributed by atoms with Crippen molar-refractivity contribution >= 4 is 16.7 Å². The molecule has 1 unspecified atom stereocenters. The molecular weight excluding hydrogens is 270 g/mol. The van der Waals surface area contributed by atoms with Crippen molar-refractivity contribution in [1.29, 1.82) is 0 Å². The maximum Gasteiger partial charge on any atom is 0.205 e. The van der Waals surface area contributed by atoms with E-state index in [4.69, 9.17) is 4.98 Å². The highest BCUT2D eigenvalue weighted by Crippen LogP contribution is 2.37. The summed E-state index contributed by atoms with van der Waals surface area (Å²) in [5.74, 6) is 1.87. The van der Waals surface area contributed by atoms with Gasteiger partial charge in [0.2, 0.25) is 5.13 Å². The first kappa shape index (κ1) is 12.2. The van der Waals surface area contributed by atoms with E-state index >= 15 is 0 Å². The van der Waals surface area contributed by atoms with E-state index in [-0.39, 0.29) is 0 Å². The van der Waals surface area contributed by atoms with Gasteiger partial charge in [0.05, 0.1) is 11.7 Å². The van der Waals surface area contributed by atoms with E-state index in [2.05, 4.69) is 19.2 Å². The van der Waals surface area contributed by atoms with Crippen LogP contribution in [-0.4, -0.2) is 25.9 Å². The fourth-order valence-corrected chi connectivity index (χ4v) is 3.60. The van der Waals surface area contributed by atoms with E-state index in [1.807, 2.05) is 12.3 Å². The Morgan fingerprint density at radius 1 is 1.30 bits per heavy atom. The largest absolute Gasteiger partial charge is 0.338 e. The maximum absolute atomic E-state index is 4.74. The monoisotopic (exact) mass is 287 g/mol. The molecule has 4 rings (SSSR count). The summed E-state index contributed by atoms with van der Waals surface area (Å²) in [6.45, 7) is 1.05. The van der Waals surface area contributed by atoms with Crippen LogP contribution in [-0.2, 0) is 6.42 Å². The lowest BCUT2D eigenvalue weighted by molar-refractivity contribution is 0.686. The van der Waals surface area contributed by atoms with Gasteiger partial charge < -0.3 is 4.90 Å². The summed E-state index contributed by atoms with van der Waals surface area (Å²) >= 11 is 1.54. The second-order valence-electron chi connectivity index (χ2n) is 5.63. The molecule has 3 heterocycles. The van der Waals surface area contributed by atoms with Crippen LogP contribution in [0.5, 0.6) is 0 Å². The average Bonchev–Trinajstić information content (AvgIpc) is 2.99. The van der Waals surface area contributed by atoms with Crippen molar-refractivity contribution in [3.63, 3.8) is 0 Å². The van der Waals surface area contributed by atoms with Crippen molar-refractivity contribution in [3.05, 3.63) is 30.1 Å². The number of anilines is 1. The van der Waals surface area contributed by atoms with Crippen LogP contribution < -0.4 is 4.90 Å². The molecule has 0 aromatic carbocycles. The highest BCUT2D eigenvalue weighted by molar-refractivity contribution is 7.09. The Balaban J connectivity index is 1.55. The predicted molar refractivity (Wildman–Crippen MR) is 77.7 cm³/mol. The van der Waals surface area contributed by atoms with Gasteiger partial charge in [-0.15, -0.1) is 0 Å². The van der Waals surface area contributed by atoms with Gasteiger partial charge in [0, 0.05) is 30.7 Å². The second kappa shape index (κ2) is 5.09.